The van der Waals surface area contributed by atoms with Crippen molar-refractivity contribution in [3.8, 4) is 0 Å². The Morgan fingerprint density at radius 3 is 2.52 bits per heavy atom. The normalized spacial score (nSPS) is 11.5. The summed E-state index contributed by atoms with van der Waals surface area (Å²) in [6, 6.07) is 8.86. The second kappa shape index (κ2) is 9.77. The molecule has 0 unspecified atom stereocenters. The van der Waals surface area contributed by atoms with Crippen LogP contribution in [0.3, 0.4) is 0 Å². The number of amides is 1. The van der Waals surface area contributed by atoms with E-state index in [1.165, 1.54) is 7.11 Å². The molecule has 1 amide bonds. The standard InChI is InChI=1S/C15H21NO5/c1-3-20-14(17)9-13(11-19-2)16-15(18)21-10-12-7-5-4-6-8-12/h4-8,13H,3,9-11H2,1-2H3,(H,16,18)/t13-/m1/s1. The predicted molar refractivity (Wildman–Crippen MR) is 76.7 cm³/mol. The fraction of sp³-hybridized carbons (Fsp3) is 0.467. The molecule has 116 valence electrons. The van der Waals surface area contributed by atoms with E-state index in [0.29, 0.717) is 6.61 Å². The van der Waals surface area contributed by atoms with Crippen LogP contribution in [-0.2, 0) is 25.6 Å². The molecule has 0 aromatic heterocycles. The van der Waals surface area contributed by atoms with Gasteiger partial charge >= 0.3 is 12.1 Å². The number of benzene rings is 1. The van der Waals surface area contributed by atoms with E-state index in [9.17, 15) is 9.59 Å². The highest BCUT2D eigenvalue weighted by atomic mass is 16.6. The third-order valence-electron chi connectivity index (χ3n) is 2.62. The van der Waals surface area contributed by atoms with Crippen LogP contribution in [0.1, 0.15) is 18.9 Å². The first-order chi connectivity index (χ1) is 10.2. The lowest BCUT2D eigenvalue weighted by molar-refractivity contribution is -0.143. The average molecular weight is 295 g/mol. The van der Waals surface area contributed by atoms with Crippen molar-refractivity contribution in [3.05, 3.63) is 35.9 Å². The number of hydrogen-bond donors (Lipinski definition) is 1. The molecule has 0 spiro atoms. The van der Waals surface area contributed by atoms with Crippen molar-refractivity contribution >= 4 is 12.1 Å². The highest BCUT2D eigenvalue weighted by Gasteiger charge is 2.17. The number of alkyl carbamates (subject to hydrolysis) is 1. The monoisotopic (exact) mass is 295 g/mol. The molecular weight excluding hydrogens is 274 g/mol. The van der Waals surface area contributed by atoms with Crippen LogP contribution in [0.25, 0.3) is 0 Å². The molecule has 0 saturated heterocycles. The van der Waals surface area contributed by atoms with E-state index in [-0.39, 0.29) is 25.6 Å². The number of carbonyl (C=O) groups is 2. The Kier molecular flexibility index (Phi) is 7.89. The maximum Gasteiger partial charge on any atom is 0.407 e. The molecule has 1 atom stereocenters. The molecule has 0 radical (unpaired) electrons. The van der Waals surface area contributed by atoms with Gasteiger partial charge in [-0.3, -0.25) is 4.79 Å². The average Bonchev–Trinajstić information content (AvgIpc) is 2.46. The summed E-state index contributed by atoms with van der Waals surface area (Å²) < 4.78 is 14.9. The SMILES string of the molecule is CCOC(=O)C[C@H](COC)NC(=O)OCc1ccccc1. The van der Waals surface area contributed by atoms with Crippen LogP contribution in [0, 0.1) is 0 Å². The minimum atomic E-state index is -0.592. The Morgan fingerprint density at radius 2 is 1.90 bits per heavy atom. The largest absolute Gasteiger partial charge is 0.466 e. The summed E-state index contributed by atoms with van der Waals surface area (Å²) >= 11 is 0. The van der Waals surface area contributed by atoms with Crippen LogP contribution in [0.5, 0.6) is 0 Å². The zero-order valence-electron chi connectivity index (χ0n) is 12.3. The van der Waals surface area contributed by atoms with E-state index in [0.717, 1.165) is 5.56 Å². The maximum absolute atomic E-state index is 11.7. The number of rotatable bonds is 8. The molecule has 0 aliphatic rings. The first kappa shape index (κ1) is 17.0. The Bertz CT molecular complexity index is 435. The lowest BCUT2D eigenvalue weighted by Crippen LogP contribution is -2.40. The van der Waals surface area contributed by atoms with E-state index >= 15 is 0 Å². The lowest BCUT2D eigenvalue weighted by atomic mass is 10.2. The smallest absolute Gasteiger partial charge is 0.407 e. The van der Waals surface area contributed by atoms with Crippen molar-refractivity contribution in [3.63, 3.8) is 0 Å². The van der Waals surface area contributed by atoms with Gasteiger partial charge < -0.3 is 19.5 Å². The molecule has 0 bridgehead atoms. The van der Waals surface area contributed by atoms with Gasteiger partial charge in [-0.05, 0) is 12.5 Å². The molecule has 1 N–H and O–H groups in total. The van der Waals surface area contributed by atoms with Gasteiger partial charge in [-0.2, -0.15) is 0 Å². The summed E-state index contributed by atoms with van der Waals surface area (Å²) in [4.78, 5) is 23.1. The predicted octanol–water partition coefficient (Wildman–Crippen LogP) is 1.88. The minimum Gasteiger partial charge on any atom is -0.466 e. The summed E-state index contributed by atoms with van der Waals surface area (Å²) in [6.45, 7) is 2.41. The highest BCUT2D eigenvalue weighted by Crippen LogP contribution is 2.02. The molecule has 21 heavy (non-hydrogen) atoms. The van der Waals surface area contributed by atoms with Crippen molar-refractivity contribution in [2.75, 3.05) is 20.3 Å². The first-order valence-electron chi connectivity index (χ1n) is 6.77. The molecule has 6 nitrogen and oxygen atoms in total. The summed E-state index contributed by atoms with van der Waals surface area (Å²) in [7, 11) is 1.50. The van der Waals surface area contributed by atoms with Crippen molar-refractivity contribution in [2.24, 2.45) is 0 Å². The molecule has 1 aromatic rings. The quantitative estimate of drug-likeness (QED) is 0.741. The summed E-state index contributed by atoms with van der Waals surface area (Å²) in [6.07, 6.45) is -0.549. The van der Waals surface area contributed by atoms with Gasteiger partial charge in [0, 0.05) is 7.11 Å². The maximum atomic E-state index is 11.7. The van der Waals surface area contributed by atoms with Gasteiger partial charge in [-0.25, -0.2) is 4.79 Å². The Balaban J connectivity index is 2.39. The minimum absolute atomic E-state index is 0.0438. The molecule has 0 heterocycles. The van der Waals surface area contributed by atoms with Crippen molar-refractivity contribution in [1.29, 1.82) is 0 Å². The summed E-state index contributed by atoms with van der Waals surface area (Å²) in [5.74, 6) is -0.386. The third-order valence-corrected chi connectivity index (χ3v) is 2.62. The Morgan fingerprint density at radius 1 is 1.19 bits per heavy atom. The highest BCUT2D eigenvalue weighted by molar-refractivity contribution is 5.72. The zero-order valence-corrected chi connectivity index (χ0v) is 12.3. The molecular formula is C15H21NO5. The van der Waals surface area contributed by atoms with Gasteiger partial charge in [0.1, 0.15) is 6.61 Å². The number of carbonyl (C=O) groups excluding carboxylic acids is 2. The third kappa shape index (κ3) is 7.31. The molecule has 1 aromatic carbocycles. The van der Waals surface area contributed by atoms with Crippen LogP contribution in [0.4, 0.5) is 4.79 Å². The number of ether oxygens (including phenoxy) is 3. The number of nitrogens with one attached hydrogen (secondary N) is 1. The lowest BCUT2D eigenvalue weighted by Gasteiger charge is -2.17. The molecule has 0 saturated carbocycles. The first-order valence-corrected chi connectivity index (χ1v) is 6.77. The molecule has 0 aliphatic carbocycles. The van der Waals surface area contributed by atoms with Crippen LogP contribution < -0.4 is 5.32 Å². The fourth-order valence-corrected chi connectivity index (χ4v) is 1.71. The summed E-state index contributed by atoms with van der Waals surface area (Å²) in [5, 5.41) is 2.59. The van der Waals surface area contributed by atoms with Crippen LogP contribution in [-0.4, -0.2) is 38.4 Å². The van der Waals surface area contributed by atoms with E-state index in [1.807, 2.05) is 30.3 Å². The van der Waals surface area contributed by atoms with Crippen LogP contribution >= 0.6 is 0 Å². The molecule has 1 rings (SSSR count). The van der Waals surface area contributed by atoms with Gasteiger partial charge in [0.15, 0.2) is 0 Å². The number of methoxy groups -OCH3 is 1. The van der Waals surface area contributed by atoms with Crippen LogP contribution in [0.2, 0.25) is 0 Å². The molecule has 6 heteroatoms. The second-order valence-corrected chi connectivity index (χ2v) is 4.37. The second-order valence-electron chi connectivity index (χ2n) is 4.37. The van der Waals surface area contributed by atoms with E-state index in [4.69, 9.17) is 14.2 Å². The zero-order chi connectivity index (χ0) is 15.5. The topological polar surface area (TPSA) is 73.9 Å². The van der Waals surface area contributed by atoms with Crippen molar-refractivity contribution < 1.29 is 23.8 Å². The number of hydrogen-bond acceptors (Lipinski definition) is 5. The van der Waals surface area contributed by atoms with Gasteiger partial charge in [0.25, 0.3) is 0 Å². The van der Waals surface area contributed by atoms with Gasteiger partial charge in [0.2, 0.25) is 0 Å². The molecule has 0 fully saturated rings. The van der Waals surface area contributed by atoms with Crippen LogP contribution in [0.15, 0.2) is 30.3 Å². The van der Waals surface area contributed by atoms with Crippen molar-refractivity contribution in [1.82, 2.24) is 5.32 Å². The van der Waals surface area contributed by atoms with E-state index < -0.39 is 12.1 Å². The van der Waals surface area contributed by atoms with Gasteiger partial charge in [-0.1, -0.05) is 30.3 Å². The Labute approximate surface area is 124 Å². The Hall–Kier alpha value is -2.08. The number of esters is 1. The van der Waals surface area contributed by atoms with E-state index in [1.54, 1.807) is 6.92 Å². The van der Waals surface area contributed by atoms with Gasteiger partial charge in [-0.15, -0.1) is 0 Å². The van der Waals surface area contributed by atoms with E-state index in [2.05, 4.69) is 5.32 Å². The molecule has 0 aliphatic heterocycles. The van der Waals surface area contributed by atoms with Crippen molar-refractivity contribution in [2.45, 2.75) is 26.0 Å². The fourth-order valence-electron chi connectivity index (χ4n) is 1.71. The summed E-state index contributed by atoms with van der Waals surface area (Å²) in [5.41, 5.74) is 0.890. The van der Waals surface area contributed by atoms with Gasteiger partial charge in [0.05, 0.1) is 25.7 Å².